The number of ether oxygens (including phenoxy) is 2. The van der Waals surface area contributed by atoms with Crippen LogP contribution in [0.3, 0.4) is 0 Å². The van der Waals surface area contributed by atoms with Crippen LogP contribution in [0.2, 0.25) is 0 Å². The molecule has 0 saturated heterocycles. The van der Waals surface area contributed by atoms with E-state index in [1.165, 1.54) is 11.4 Å². The number of hydrogen-bond donors (Lipinski definition) is 6. The van der Waals surface area contributed by atoms with Crippen molar-refractivity contribution in [2.24, 2.45) is 5.73 Å². The number of carboxylic acid groups (broad SMARTS) is 2. The first kappa shape index (κ1) is 45.0. The third kappa shape index (κ3) is 13.4. The maximum absolute atomic E-state index is 12.4. The molecule has 0 heterocycles. The summed E-state index contributed by atoms with van der Waals surface area (Å²) in [5, 5.41) is 38.7. The van der Waals surface area contributed by atoms with E-state index in [0.29, 0.717) is 42.8 Å². The van der Waals surface area contributed by atoms with Crippen molar-refractivity contribution < 1.29 is 57.5 Å². The van der Waals surface area contributed by atoms with Crippen LogP contribution in [0.15, 0.2) is 60.7 Å². The van der Waals surface area contributed by atoms with E-state index in [1.54, 1.807) is 42.5 Å². The lowest BCUT2D eigenvalue weighted by Crippen LogP contribution is -2.47. The molecule has 278 valence electrons. The van der Waals surface area contributed by atoms with E-state index >= 15 is 0 Å². The minimum absolute atomic E-state index is 0.110. The van der Waals surface area contributed by atoms with Crippen molar-refractivity contribution in [1.29, 1.82) is 0 Å². The average molecular weight is 1400 g/mol. The minimum Gasteiger partial charge on any atom is -0.507 e. The number of rotatable bonds is 11. The highest BCUT2D eigenvalue weighted by Crippen LogP contribution is 2.36. The number of carboxylic acids is 2. The predicted octanol–water partition coefficient (Wildman–Crippen LogP) is 8.63. The summed E-state index contributed by atoms with van der Waals surface area (Å²) < 4.78 is 53.2. The molecule has 0 fully saturated rings. The van der Waals surface area contributed by atoms with Gasteiger partial charge in [-0.1, -0.05) is 0 Å². The van der Waals surface area contributed by atoms with Crippen molar-refractivity contribution in [3.05, 3.63) is 93.2 Å². The van der Waals surface area contributed by atoms with Crippen LogP contribution in [-0.4, -0.2) is 56.5 Å². The smallest absolute Gasteiger partial charge is 0.471 e. The largest absolute Gasteiger partial charge is 0.507 e. The summed E-state index contributed by atoms with van der Waals surface area (Å²) >= 11 is 12.2. The summed E-state index contributed by atoms with van der Waals surface area (Å²) in [6, 6.07) is 13.9. The number of alkyl halides is 3. The van der Waals surface area contributed by atoms with E-state index in [-0.39, 0.29) is 24.3 Å². The summed E-state index contributed by atoms with van der Waals surface area (Å²) in [5.74, 6) is -2.33. The molecule has 0 radical (unpaired) electrons. The molecule has 0 unspecified atom stereocenters. The van der Waals surface area contributed by atoms with Gasteiger partial charge >= 0.3 is 24.0 Å². The molecule has 0 bridgehead atoms. The highest BCUT2D eigenvalue weighted by molar-refractivity contribution is 14.1. The van der Waals surface area contributed by atoms with E-state index in [2.05, 4.69) is 45.2 Å². The van der Waals surface area contributed by atoms with Gasteiger partial charge in [-0.15, -0.1) is 0 Å². The van der Waals surface area contributed by atoms with Crippen LogP contribution >= 0.6 is 136 Å². The molecule has 7 N–H and O–H groups in total. The molecule has 1 amide bonds. The van der Waals surface area contributed by atoms with Crippen LogP contribution in [0.25, 0.3) is 0 Å². The van der Waals surface area contributed by atoms with Crippen molar-refractivity contribution in [3.8, 4) is 34.5 Å². The van der Waals surface area contributed by atoms with Crippen molar-refractivity contribution >= 4 is 153 Å². The summed E-state index contributed by atoms with van der Waals surface area (Å²) in [5.41, 5.74) is 6.85. The van der Waals surface area contributed by atoms with Crippen LogP contribution in [-0.2, 0) is 27.2 Å². The molecule has 20 heteroatoms. The molecular weight excluding hydrogens is 1370 g/mol. The van der Waals surface area contributed by atoms with Gasteiger partial charge in [-0.3, -0.25) is 9.59 Å². The number of phenols is 2. The lowest BCUT2D eigenvalue weighted by molar-refractivity contribution is -0.175. The van der Waals surface area contributed by atoms with Crippen LogP contribution < -0.4 is 20.5 Å². The number of carbonyl (C=O) groups excluding carboxylic acids is 1. The van der Waals surface area contributed by atoms with E-state index in [1.807, 2.05) is 102 Å². The molecule has 0 spiro atoms. The van der Waals surface area contributed by atoms with Gasteiger partial charge in [-0.25, -0.2) is 4.79 Å². The Bertz CT molecular complexity index is 1940. The Kier molecular flexibility index (Phi) is 17.3. The number of benzene rings is 4. The number of phenolic OH excluding ortho intramolecular Hbond substituents is 2. The second-order valence-corrected chi connectivity index (χ2v) is 17.4. The summed E-state index contributed by atoms with van der Waals surface area (Å²) in [6.07, 6.45) is -5.24. The third-order valence-corrected chi connectivity index (χ3v) is 11.4. The Morgan fingerprint density at radius 3 is 1.37 bits per heavy atom. The fourth-order valence-corrected chi connectivity index (χ4v) is 9.22. The Hall–Kier alpha value is -1.38. The van der Waals surface area contributed by atoms with Crippen molar-refractivity contribution in [2.75, 3.05) is 0 Å². The molecular formula is C32H23F3I6N2O9. The second kappa shape index (κ2) is 20.0. The zero-order valence-electron chi connectivity index (χ0n) is 25.7. The maximum atomic E-state index is 12.4. The fourth-order valence-electron chi connectivity index (χ4n) is 4.01. The Morgan fingerprint density at radius 2 is 1.04 bits per heavy atom. The standard InChI is InChI=1S/C17H11F3I3NO5.C15H12I3NO4/c18-17(19,20)16(28)24-12(15(26)27)5-7-3-10(22)14(11(23)4-7)29-8-1-2-13(25)9(21)6-8;16-9-6-8(1-2-13(9)20)23-14-10(17)3-7(4-11(14)18)5-12(19)15(21)22/h1-4,6,12,25H,5H2,(H,24,28)(H,26,27);1-4,6,12,20H,5,19H2,(H,21,22)/t2*12-/m00/s1. The number of aliphatic carboxylic acids is 2. The number of aromatic hydroxyl groups is 2. The normalized spacial score (nSPS) is 12.2. The monoisotopic (exact) mass is 1400 g/mol. The van der Waals surface area contributed by atoms with Gasteiger partial charge in [0.25, 0.3) is 0 Å². The molecule has 4 rings (SSSR count). The zero-order chi connectivity index (χ0) is 39.1. The van der Waals surface area contributed by atoms with Gasteiger partial charge in [0.1, 0.15) is 35.1 Å². The zero-order valence-corrected chi connectivity index (χ0v) is 38.6. The molecule has 4 aromatic rings. The third-order valence-electron chi connectivity index (χ3n) is 6.47. The van der Waals surface area contributed by atoms with Crippen molar-refractivity contribution in [1.82, 2.24) is 5.32 Å². The van der Waals surface area contributed by atoms with Gasteiger partial charge in [0.2, 0.25) is 0 Å². The lowest BCUT2D eigenvalue weighted by Gasteiger charge is -2.17. The summed E-state index contributed by atoms with van der Waals surface area (Å²) in [6.45, 7) is 0. The molecule has 0 aliphatic rings. The second-order valence-electron chi connectivity index (χ2n) is 10.4. The van der Waals surface area contributed by atoms with E-state index in [9.17, 15) is 37.8 Å². The van der Waals surface area contributed by atoms with Crippen LogP contribution in [0.1, 0.15) is 11.1 Å². The van der Waals surface area contributed by atoms with E-state index in [0.717, 1.165) is 12.7 Å². The molecule has 0 saturated carbocycles. The first-order valence-corrected chi connectivity index (χ1v) is 20.5. The lowest BCUT2D eigenvalue weighted by atomic mass is 10.1. The first-order valence-electron chi connectivity index (χ1n) is 14.0. The molecule has 0 aromatic heterocycles. The van der Waals surface area contributed by atoms with Gasteiger partial charge < -0.3 is 41.0 Å². The van der Waals surface area contributed by atoms with Gasteiger partial charge in [-0.05, 0) is 214 Å². The number of nitrogens with two attached hydrogens (primary N) is 1. The maximum Gasteiger partial charge on any atom is 0.471 e. The van der Waals surface area contributed by atoms with Crippen LogP contribution in [0, 0.1) is 21.4 Å². The Labute approximate surface area is 375 Å². The summed E-state index contributed by atoms with van der Waals surface area (Å²) in [4.78, 5) is 33.2. The van der Waals surface area contributed by atoms with Crippen molar-refractivity contribution in [2.45, 2.75) is 31.1 Å². The highest BCUT2D eigenvalue weighted by Gasteiger charge is 2.41. The quantitative estimate of drug-likeness (QED) is 0.0794. The number of amides is 1. The number of nitrogens with one attached hydrogen (secondary N) is 1. The molecule has 11 nitrogen and oxygen atoms in total. The van der Waals surface area contributed by atoms with Gasteiger partial charge in [0.15, 0.2) is 11.5 Å². The highest BCUT2D eigenvalue weighted by atomic mass is 127. The molecule has 52 heavy (non-hydrogen) atoms. The fraction of sp³-hybridized carbons (Fsp3) is 0.156. The predicted molar refractivity (Wildman–Crippen MR) is 234 cm³/mol. The Morgan fingerprint density at radius 1 is 0.654 bits per heavy atom. The van der Waals surface area contributed by atoms with Crippen molar-refractivity contribution in [3.63, 3.8) is 0 Å². The van der Waals surface area contributed by atoms with E-state index in [4.69, 9.17) is 25.4 Å². The van der Waals surface area contributed by atoms with Gasteiger partial charge in [0, 0.05) is 6.42 Å². The summed E-state index contributed by atoms with van der Waals surface area (Å²) in [7, 11) is 0. The Balaban J connectivity index is 0.000000288. The SMILES string of the molecule is N[C@@H](Cc1cc(I)c(Oc2ccc(O)c(I)c2)c(I)c1)C(=O)O.O=C(O)[C@H](Cc1cc(I)c(Oc2ccc(O)c(I)c2)c(I)c1)NC(=O)C(F)(F)F. The number of hydrogen-bond acceptors (Lipinski definition) is 8. The first-order chi connectivity index (χ1) is 24.2. The van der Waals surface area contributed by atoms with Crippen LogP contribution in [0.4, 0.5) is 13.2 Å². The molecule has 4 aromatic carbocycles. The molecule has 2 atom stereocenters. The minimum atomic E-state index is -5.17. The van der Waals surface area contributed by atoms with E-state index < -0.39 is 36.1 Å². The van der Waals surface area contributed by atoms with Gasteiger partial charge in [0.05, 0.1) is 21.4 Å². The average Bonchev–Trinajstić information content (AvgIpc) is 3.03. The topological polar surface area (TPSA) is 189 Å². The molecule has 0 aliphatic carbocycles. The number of carbonyl (C=O) groups is 3. The van der Waals surface area contributed by atoms with Crippen LogP contribution in [0.5, 0.6) is 34.5 Å². The van der Waals surface area contributed by atoms with Gasteiger partial charge in [-0.2, -0.15) is 13.2 Å². The number of halogens is 9. The molecule has 0 aliphatic heterocycles.